The molecular weight excluding hydrogens is 1020 g/mol. The van der Waals surface area contributed by atoms with E-state index >= 15 is 0 Å². The molecule has 430 valence electrons. The quantitative estimate of drug-likeness (QED) is 0.0467. The summed E-state index contributed by atoms with van der Waals surface area (Å²) in [6.45, 7) is 11.8. The molecule has 6 rings (SSSR count). The predicted molar refractivity (Wildman–Crippen MR) is 305 cm³/mol. The number of ether oxygens (including phenoxy) is 6. The van der Waals surface area contributed by atoms with Gasteiger partial charge >= 0.3 is 0 Å². The van der Waals surface area contributed by atoms with Crippen LogP contribution in [-0.4, -0.2) is 198 Å². The van der Waals surface area contributed by atoms with Crippen LogP contribution in [0, 0.1) is 6.92 Å². The van der Waals surface area contributed by atoms with Crippen molar-refractivity contribution in [1.82, 2.24) is 49.4 Å². The summed E-state index contributed by atoms with van der Waals surface area (Å²) in [7, 11) is 18.0. The topological polar surface area (TPSA) is 266 Å². The molecule has 1 fully saturated rings. The monoisotopic (exact) mass is 1100 g/mol. The molecule has 0 atom stereocenters. The van der Waals surface area contributed by atoms with Crippen molar-refractivity contribution in [3.63, 3.8) is 0 Å². The van der Waals surface area contributed by atoms with Gasteiger partial charge in [-0.3, -0.25) is 24.9 Å². The number of likely N-dealkylation sites (tertiary alicyclic amines) is 1. The maximum Gasteiger partial charge on any atom is 0.287 e. The number of nitrogen functional groups attached to an aromatic ring is 5. The first-order valence-corrected chi connectivity index (χ1v) is 25.5. The minimum Gasteiger partial charge on any atom is -0.491 e. The molecule has 0 unspecified atom stereocenters. The van der Waals surface area contributed by atoms with E-state index in [1.54, 1.807) is 55.5 Å². The third-order valence-corrected chi connectivity index (χ3v) is 10.9. The minimum atomic E-state index is -2.99. The van der Waals surface area contributed by atoms with E-state index in [1.807, 2.05) is 74.3 Å². The maximum atomic E-state index is 13.0. The van der Waals surface area contributed by atoms with Gasteiger partial charge in [0.1, 0.15) is 59.6 Å². The highest BCUT2D eigenvalue weighted by Gasteiger charge is 2.27. The zero-order valence-electron chi connectivity index (χ0n) is 47.1. The molecule has 0 radical (unpaired) electrons. The average molecular weight is 1100 g/mol. The lowest BCUT2D eigenvalue weighted by atomic mass is 10.1. The normalized spacial score (nSPS) is 12.5. The Morgan fingerprint density at radius 3 is 1.56 bits per heavy atom. The lowest BCUT2D eigenvalue weighted by molar-refractivity contribution is 0.0125. The van der Waals surface area contributed by atoms with Crippen molar-refractivity contribution in [2.75, 3.05) is 171 Å². The molecule has 24 heteroatoms. The Bertz CT molecular complexity index is 2360. The average Bonchev–Trinajstić information content (AvgIpc) is 3.36. The highest BCUT2D eigenvalue weighted by molar-refractivity contribution is 6.32. The van der Waals surface area contributed by atoms with Crippen LogP contribution in [0.1, 0.15) is 37.6 Å². The number of nitrogens with two attached hydrogens (primary N) is 5. The highest BCUT2D eigenvalue weighted by atomic mass is 35.5. The van der Waals surface area contributed by atoms with Crippen LogP contribution in [0.25, 0.3) is 0 Å². The van der Waals surface area contributed by atoms with Crippen LogP contribution in [0.5, 0.6) is 28.7 Å². The number of rotatable bonds is 23. The van der Waals surface area contributed by atoms with Crippen LogP contribution in [0.2, 0.25) is 5.02 Å². The second-order valence-corrected chi connectivity index (χ2v) is 19.3. The van der Waals surface area contributed by atoms with Crippen LogP contribution in [-0.2, 0) is 10.7 Å². The van der Waals surface area contributed by atoms with Crippen LogP contribution >= 0.6 is 11.6 Å². The van der Waals surface area contributed by atoms with Crippen molar-refractivity contribution in [3.05, 3.63) is 90.3 Å². The number of alkyl halides is 2. The summed E-state index contributed by atoms with van der Waals surface area (Å²) in [5.74, 6) is -0.0678. The van der Waals surface area contributed by atoms with Crippen molar-refractivity contribution < 1.29 is 37.2 Å². The van der Waals surface area contributed by atoms with E-state index in [2.05, 4.69) is 51.6 Å². The summed E-state index contributed by atoms with van der Waals surface area (Å²) in [5.41, 5.74) is 31.5. The largest absolute Gasteiger partial charge is 0.491 e. The van der Waals surface area contributed by atoms with E-state index in [4.69, 9.17) is 68.7 Å². The van der Waals surface area contributed by atoms with Crippen LogP contribution in [0.15, 0.2) is 73.8 Å². The summed E-state index contributed by atoms with van der Waals surface area (Å²) in [6.07, 6.45) is 15.7. The number of piperidine rings is 1. The van der Waals surface area contributed by atoms with Gasteiger partial charge in [-0.1, -0.05) is 11.6 Å². The molecule has 0 aromatic carbocycles. The fourth-order valence-corrected chi connectivity index (χ4v) is 6.37. The molecule has 6 heterocycles. The maximum absolute atomic E-state index is 13.0. The van der Waals surface area contributed by atoms with Gasteiger partial charge in [0.2, 0.25) is 0 Å². The molecule has 1 aliphatic rings. The van der Waals surface area contributed by atoms with E-state index in [-0.39, 0.29) is 23.2 Å². The SMILES string of the molecule is CN(C)CCCOc1ccncc1N.CN(C)CCOCCOc1ccncc1N.CN(C)CCOc1cc(C(C)(F)F)ncc1N.CN1CCC(Oc2c(N)cncc2Cl)CC1.Cc1cc(OCCN(C)C)c(N)cn1. The van der Waals surface area contributed by atoms with Crippen LogP contribution in [0.4, 0.5) is 37.2 Å². The van der Waals surface area contributed by atoms with Crippen molar-refractivity contribution in [2.24, 2.45) is 0 Å². The second-order valence-electron chi connectivity index (χ2n) is 18.9. The Morgan fingerprint density at radius 2 is 1.05 bits per heavy atom. The van der Waals surface area contributed by atoms with Gasteiger partial charge in [0.05, 0.1) is 79.2 Å². The van der Waals surface area contributed by atoms with Gasteiger partial charge in [0.25, 0.3) is 5.92 Å². The molecule has 5 aromatic rings. The number of pyridine rings is 5. The van der Waals surface area contributed by atoms with Crippen molar-refractivity contribution in [2.45, 2.75) is 45.1 Å². The molecule has 0 amide bonds. The highest BCUT2D eigenvalue weighted by Crippen LogP contribution is 2.32. The number of hydrogen-bond acceptors (Lipinski definition) is 21. The summed E-state index contributed by atoms with van der Waals surface area (Å²) < 4.78 is 59.1. The number of hydrogen-bond donors (Lipinski definition) is 5. The summed E-state index contributed by atoms with van der Waals surface area (Å²) in [6, 6.07) is 6.57. The van der Waals surface area contributed by atoms with Crippen molar-refractivity contribution in [1.29, 1.82) is 0 Å². The standard InChI is InChI=1S/C11H16ClN3O.C11H17F2N3O.C11H19N3O2.2C10H17N3O/c1-15-4-2-8(3-5-15)16-11-9(12)6-14-7-10(11)13;1-11(12,13)10-6-9(8(14)7-15-10)17-5-4-16(2)3;1-14(2)5-6-15-7-8-16-11-3-4-13-9-10(11)12;1-8-6-10(9(11)7-12-8)14-5-4-13(2)3;1-13(2)6-3-7-14-10-4-5-12-8-9(10)11/h6-8H,2-5,13H2,1H3;6-7H,4-5,14H2,1-3H3;3-4,9H,5-8,12H2,1-2H3;6-7H,4-5,11H2,1-3H3;4-5,8H,3,6-7,11H2,1-2H3. The molecule has 77 heavy (non-hydrogen) atoms. The Balaban J connectivity index is 0.000000330. The van der Waals surface area contributed by atoms with E-state index in [0.29, 0.717) is 85.5 Å². The summed E-state index contributed by atoms with van der Waals surface area (Å²) in [5, 5.41) is 0.485. The Labute approximate surface area is 460 Å². The smallest absolute Gasteiger partial charge is 0.287 e. The van der Waals surface area contributed by atoms with Gasteiger partial charge in [-0.25, -0.2) is 0 Å². The summed E-state index contributed by atoms with van der Waals surface area (Å²) in [4.78, 5) is 29.8. The molecule has 5 aromatic heterocycles. The third kappa shape index (κ3) is 29.7. The van der Waals surface area contributed by atoms with Gasteiger partial charge in [-0.15, -0.1) is 0 Å². The van der Waals surface area contributed by atoms with Gasteiger partial charge in [0, 0.05) is 94.7 Å². The van der Waals surface area contributed by atoms with Crippen LogP contribution < -0.4 is 52.4 Å². The zero-order valence-corrected chi connectivity index (χ0v) is 47.8. The number of aromatic nitrogens is 5. The Hall–Kier alpha value is -6.34. The number of aryl methyl sites for hydroxylation is 1. The molecule has 0 aliphatic carbocycles. The first-order valence-electron chi connectivity index (χ1n) is 25.1. The van der Waals surface area contributed by atoms with Gasteiger partial charge < -0.3 is 81.6 Å². The van der Waals surface area contributed by atoms with Crippen LogP contribution in [0.3, 0.4) is 0 Å². The minimum absolute atomic E-state index is 0.207. The second kappa shape index (κ2) is 36.6. The molecule has 0 spiro atoms. The Morgan fingerprint density at radius 1 is 0.584 bits per heavy atom. The Kier molecular flexibility index (Phi) is 31.8. The number of likely N-dealkylation sites (N-methyl/N-ethyl adjacent to an activating group) is 3. The lowest BCUT2D eigenvalue weighted by Gasteiger charge is -2.29. The van der Waals surface area contributed by atoms with Gasteiger partial charge in [0.15, 0.2) is 5.75 Å². The van der Waals surface area contributed by atoms with Gasteiger partial charge in [-0.05, 0) is 89.6 Å². The van der Waals surface area contributed by atoms with Crippen molar-refractivity contribution >= 4 is 40.0 Å². The van der Waals surface area contributed by atoms with E-state index in [1.165, 1.54) is 12.3 Å². The van der Waals surface area contributed by atoms with Crippen molar-refractivity contribution in [3.8, 4) is 28.7 Å². The molecule has 21 nitrogen and oxygen atoms in total. The summed E-state index contributed by atoms with van der Waals surface area (Å²) >= 11 is 6.00. The molecule has 0 bridgehead atoms. The molecule has 1 aliphatic heterocycles. The van der Waals surface area contributed by atoms with E-state index in [0.717, 1.165) is 76.1 Å². The first kappa shape index (κ1) is 66.8. The lowest BCUT2D eigenvalue weighted by Crippen LogP contribution is -2.35. The zero-order chi connectivity index (χ0) is 57.3. The molecular formula is C53H86ClF2N15O6. The van der Waals surface area contributed by atoms with E-state index in [9.17, 15) is 8.78 Å². The third-order valence-electron chi connectivity index (χ3n) is 10.6. The molecule has 1 saturated heterocycles. The van der Waals surface area contributed by atoms with Gasteiger partial charge in [-0.2, -0.15) is 8.78 Å². The molecule has 0 saturated carbocycles. The first-order chi connectivity index (χ1) is 36.5. The number of nitrogens with zero attached hydrogens (tertiary/aromatic N) is 10. The predicted octanol–water partition coefficient (Wildman–Crippen LogP) is 6.03. The van der Waals surface area contributed by atoms with E-state index < -0.39 is 5.92 Å². The molecule has 10 N–H and O–H groups in total. The number of halogens is 3. The number of anilines is 5. The fraction of sp³-hybridized carbons (Fsp3) is 0.528. The fourth-order valence-electron chi connectivity index (χ4n) is 6.16.